The zero-order valence-corrected chi connectivity index (χ0v) is 20.7. The number of aliphatic carboxylic acids is 1. The summed E-state index contributed by atoms with van der Waals surface area (Å²) in [5.41, 5.74) is 0.863. The second-order valence-corrected chi connectivity index (χ2v) is 8.39. The monoisotopic (exact) mass is 562 g/mol. The van der Waals surface area contributed by atoms with E-state index < -0.39 is 30.1 Å². The molecule has 1 fully saturated rings. The predicted octanol–water partition coefficient (Wildman–Crippen LogP) is 3.36. The van der Waals surface area contributed by atoms with Gasteiger partial charge in [-0.1, -0.05) is 76.0 Å². The molecule has 8 nitrogen and oxygen atoms in total. The van der Waals surface area contributed by atoms with Crippen LogP contribution in [0.15, 0.2) is 30.3 Å². The van der Waals surface area contributed by atoms with Crippen LogP contribution in [0.5, 0.6) is 0 Å². The lowest BCUT2D eigenvalue weighted by Gasteiger charge is -2.26. The number of nitrogens with zero attached hydrogens (tertiary/aromatic N) is 1. The van der Waals surface area contributed by atoms with Gasteiger partial charge in [-0.2, -0.15) is 0 Å². The van der Waals surface area contributed by atoms with Gasteiger partial charge in [0.15, 0.2) is 5.78 Å². The number of hydrogen-bond donors (Lipinski definition) is 2. The van der Waals surface area contributed by atoms with Crippen molar-refractivity contribution >= 4 is 55.6 Å². The number of hydrogen-bond acceptors (Lipinski definition) is 5. The van der Waals surface area contributed by atoms with E-state index in [0.717, 1.165) is 5.56 Å². The highest BCUT2D eigenvalue weighted by Gasteiger charge is 2.37. The first-order chi connectivity index (χ1) is 14.7. The van der Waals surface area contributed by atoms with Crippen molar-refractivity contribution in [3.05, 3.63) is 35.9 Å². The van der Waals surface area contributed by atoms with Crippen LogP contribution >= 0.6 is 31.9 Å². The van der Waals surface area contributed by atoms with E-state index in [1.165, 1.54) is 4.90 Å². The Morgan fingerprint density at radius 2 is 1.77 bits per heavy atom. The van der Waals surface area contributed by atoms with Crippen molar-refractivity contribution in [2.75, 3.05) is 17.2 Å². The summed E-state index contributed by atoms with van der Waals surface area (Å²) in [5, 5.41) is 12.6. The summed E-state index contributed by atoms with van der Waals surface area (Å²) >= 11 is 5.99. The highest BCUT2D eigenvalue weighted by Crippen LogP contribution is 2.19. The second-order valence-electron chi connectivity index (χ2n) is 7.27. The highest BCUT2D eigenvalue weighted by atomic mass is 79.9. The molecule has 0 saturated carbocycles. The van der Waals surface area contributed by atoms with Crippen LogP contribution in [0.25, 0.3) is 0 Å². The van der Waals surface area contributed by atoms with Crippen molar-refractivity contribution in [3.63, 3.8) is 0 Å². The summed E-state index contributed by atoms with van der Waals surface area (Å²) in [4.78, 5) is 47.4. The van der Waals surface area contributed by atoms with E-state index >= 15 is 0 Å². The third-order valence-corrected chi connectivity index (χ3v) is 5.77. The number of carboxylic acid groups (broad SMARTS) is 1. The van der Waals surface area contributed by atoms with Gasteiger partial charge in [0, 0.05) is 6.54 Å². The molecule has 0 spiro atoms. The maximum Gasteiger partial charge on any atom is 0.410 e. The van der Waals surface area contributed by atoms with E-state index in [0.29, 0.717) is 30.0 Å². The third kappa shape index (κ3) is 9.39. The van der Waals surface area contributed by atoms with Gasteiger partial charge in [-0.3, -0.25) is 14.5 Å². The summed E-state index contributed by atoms with van der Waals surface area (Å²) < 4.78 is 5.28. The zero-order valence-electron chi connectivity index (χ0n) is 17.6. The van der Waals surface area contributed by atoms with E-state index in [1.54, 1.807) is 13.8 Å². The maximum atomic E-state index is 12.4. The standard InChI is InChI=1S/C18H24N2O5.C3H4Br2O/c1-12(2)15(17(22)23)19-16(21)14-9-6-10-20(14)18(24)25-11-13-7-4-3-5-8-13;4-1-3(6)2-5/h3-5,7-8,12,14-15H,6,9-11H2,1-2H3,(H,19,21)(H,22,23);1-2H2/t14-,15-;/m0./s1. The minimum atomic E-state index is -1.08. The van der Waals surface area contributed by atoms with E-state index in [-0.39, 0.29) is 18.3 Å². The van der Waals surface area contributed by atoms with Gasteiger partial charge in [0.1, 0.15) is 18.7 Å². The summed E-state index contributed by atoms with van der Waals surface area (Å²) in [6.07, 6.45) is 0.618. The maximum absolute atomic E-state index is 12.4. The molecular weight excluding hydrogens is 536 g/mol. The number of likely N-dealkylation sites (tertiary alicyclic amines) is 1. The van der Waals surface area contributed by atoms with Crippen LogP contribution in [0, 0.1) is 5.92 Å². The Morgan fingerprint density at radius 3 is 2.26 bits per heavy atom. The topological polar surface area (TPSA) is 113 Å². The molecule has 172 valence electrons. The molecule has 1 saturated heterocycles. The fourth-order valence-electron chi connectivity index (χ4n) is 2.86. The minimum absolute atomic E-state index is 0.133. The van der Waals surface area contributed by atoms with Crippen molar-refractivity contribution < 1.29 is 29.0 Å². The Labute approximate surface area is 199 Å². The first-order valence-electron chi connectivity index (χ1n) is 9.85. The molecule has 2 atom stereocenters. The lowest BCUT2D eigenvalue weighted by atomic mass is 10.0. The van der Waals surface area contributed by atoms with Crippen LogP contribution in [-0.4, -0.2) is 63.0 Å². The number of alkyl halides is 2. The second kappa shape index (κ2) is 14.2. The highest BCUT2D eigenvalue weighted by molar-refractivity contribution is 9.10. The summed E-state index contributed by atoms with van der Waals surface area (Å²) in [5.74, 6) is -1.61. The molecule has 0 aliphatic carbocycles. The van der Waals surface area contributed by atoms with Gasteiger partial charge in [0.2, 0.25) is 5.91 Å². The van der Waals surface area contributed by atoms with Gasteiger partial charge in [0.25, 0.3) is 0 Å². The molecule has 1 heterocycles. The Kier molecular flexibility index (Phi) is 12.4. The molecule has 1 aromatic carbocycles. The van der Waals surface area contributed by atoms with E-state index in [1.807, 2.05) is 30.3 Å². The molecule has 0 aromatic heterocycles. The van der Waals surface area contributed by atoms with Gasteiger partial charge < -0.3 is 15.2 Å². The molecule has 1 aromatic rings. The number of halogens is 2. The van der Waals surface area contributed by atoms with Gasteiger partial charge in [-0.15, -0.1) is 0 Å². The fourth-order valence-corrected chi connectivity index (χ4v) is 3.79. The fraction of sp³-hybridized carbons (Fsp3) is 0.524. The molecular formula is C21H28Br2N2O6. The predicted molar refractivity (Wildman–Crippen MR) is 123 cm³/mol. The zero-order chi connectivity index (χ0) is 23.4. The lowest BCUT2D eigenvalue weighted by molar-refractivity contribution is -0.143. The van der Waals surface area contributed by atoms with Crippen LogP contribution in [0.4, 0.5) is 4.79 Å². The smallest absolute Gasteiger partial charge is 0.410 e. The number of Topliss-reactive ketones (excluding diaryl/α,β-unsaturated/α-hetero) is 1. The summed E-state index contributed by atoms with van der Waals surface area (Å²) in [6.45, 7) is 4.00. The number of carbonyl (C=O) groups excluding carboxylic acids is 3. The van der Waals surface area contributed by atoms with Gasteiger partial charge in [-0.25, -0.2) is 9.59 Å². The van der Waals surface area contributed by atoms with Crippen LogP contribution in [0.2, 0.25) is 0 Å². The van der Waals surface area contributed by atoms with Gasteiger partial charge in [-0.05, 0) is 24.3 Å². The molecule has 1 aliphatic rings. The lowest BCUT2D eigenvalue weighted by Crippen LogP contribution is -2.52. The molecule has 2 amide bonds. The molecule has 2 rings (SSSR count). The molecule has 0 unspecified atom stereocenters. The number of carboxylic acids is 1. The van der Waals surface area contributed by atoms with Crippen molar-refractivity contribution in [1.82, 2.24) is 10.2 Å². The number of rotatable bonds is 8. The average molecular weight is 564 g/mol. The largest absolute Gasteiger partial charge is 0.480 e. The Morgan fingerprint density at radius 1 is 1.16 bits per heavy atom. The number of amides is 2. The molecule has 10 heteroatoms. The quantitative estimate of drug-likeness (QED) is 0.469. The van der Waals surface area contributed by atoms with E-state index in [9.17, 15) is 24.3 Å². The Hall–Kier alpha value is -1.94. The number of ether oxygens (including phenoxy) is 1. The van der Waals surface area contributed by atoms with Crippen molar-refractivity contribution in [2.45, 2.75) is 45.4 Å². The molecule has 2 N–H and O–H groups in total. The van der Waals surface area contributed by atoms with E-state index in [2.05, 4.69) is 37.2 Å². The Balaban J connectivity index is 0.000000703. The minimum Gasteiger partial charge on any atom is -0.480 e. The van der Waals surface area contributed by atoms with Crippen LogP contribution in [-0.2, 0) is 25.7 Å². The molecule has 0 bridgehead atoms. The van der Waals surface area contributed by atoms with Crippen molar-refractivity contribution in [3.8, 4) is 0 Å². The first-order valence-corrected chi connectivity index (χ1v) is 12.1. The number of benzene rings is 1. The normalized spacial score (nSPS) is 16.2. The molecule has 1 aliphatic heterocycles. The molecule has 31 heavy (non-hydrogen) atoms. The summed E-state index contributed by atoms with van der Waals surface area (Å²) in [6, 6.07) is 7.61. The van der Waals surface area contributed by atoms with Crippen LogP contribution in [0.3, 0.4) is 0 Å². The summed E-state index contributed by atoms with van der Waals surface area (Å²) in [7, 11) is 0. The SMILES string of the molecule is CC(C)[C@H](NC(=O)[C@@H]1CCCN1C(=O)OCc1ccccc1)C(=O)O.O=C(CBr)CBr. The number of carbonyl (C=O) groups is 4. The van der Waals surface area contributed by atoms with Crippen molar-refractivity contribution in [1.29, 1.82) is 0 Å². The third-order valence-electron chi connectivity index (χ3n) is 4.52. The average Bonchev–Trinajstić information content (AvgIpc) is 3.26. The number of ketones is 1. The van der Waals surface area contributed by atoms with Crippen LogP contribution < -0.4 is 5.32 Å². The first kappa shape index (κ1) is 27.1. The van der Waals surface area contributed by atoms with Crippen molar-refractivity contribution in [2.24, 2.45) is 5.92 Å². The van der Waals surface area contributed by atoms with Crippen LogP contribution in [0.1, 0.15) is 32.3 Å². The number of nitrogens with one attached hydrogen (secondary N) is 1. The Bertz CT molecular complexity index is 739. The van der Waals surface area contributed by atoms with Gasteiger partial charge >= 0.3 is 12.1 Å². The van der Waals surface area contributed by atoms with E-state index in [4.69, 9.17) is 4.74 Å². The molecule has 0 radical (unpaired) electrons. The van der Waals surface area contributed by atoms with Gasteiger partial charge in [0.05, 0.1) is 10.7 Å².